The minimum Gasteiger partial charge on any atom is -0.348 e. The molecule has 4 rings (SSSR count). The molecule has 4 aromatic rings. The summed E-state index contributed by atoms with van der Waals surface area (Å²) < 4.78 is 3.58. The number of carbonyl (C=O) groups excluding carboxylic acids is 1. The van der Waals surface area contributed by atoms with Gasteiger partial charge in [-0.3, -0.25) is 9.20 Å². The van der Waals surface area contributed by atoms with Crippen LogP contribution in [-0.2, 0) is 17.8 Å². The minimum absolute atomic E-state index is 0.120. The van der Waals surface area contributed by atoms with Crippen molar-refractivity contribution in [2.45, 2.75) is 26.8 Å². The third kappa shape index (κ3) is 3.83. The van der Waals surface area contributed by atoms with Crippen molar-refractivity contribution in [2.75, 3.05) is 0 Å². The van der Waals surface area contributed by atoms with Crippen LogP contribution in [-0.4, -0.2) is 30.3 Å². The van der Waals surface area contributed by atoms with Crippen LogP contribution in [0.25, 0.3) is 11.3 Å². The molecule has 0 radical (unpaired) electrons. The number of hydrogen-bond acceptors (Lipinski definition) is 4. The standard InChI is InChI=1S/C20H18Cl2N6O/c1-12-15(13(2)28(26-12)17-7-6-14(21)9-16(17)22)10-20(29)23-11-19-25-24-18-5-3-4-8-27(18)19/h3-9H,10-11H2,1-2H3,(H,23,29). The Bertz CT molecular complexity index is 1210. The third-order valence-electron chi connectivity index (χ3n) is 4.74. The van der Waals surface area contributed by atoms with E-state index in [1.54, 1.807) is 16.8 Å². The summed E-state index contributed by atoms with van der Waals surface area (Å²) in [4.78, 5) is 12.6. The van der Waals surface area contributed by atoms with Gasteiger partial charge < -0.3 is 5.32 Å². The molecule has 0 saturated carbocycles. The molecule has 148 valence electrons. The van der Waals surface area contributed by atoms with Gasteiger partial charge in [-0.25, -0.2) is 4.68 Å². The first kappa shape index (κ1) is 19.4. The largest absolute Gasteiger partial charge is 0.348 e. The lowest BCUT2D eigenvalue weighted by Crippen LogP contribution is -2.26. The van der Waals surface area contributed by atoms with Crippen molar-refractivity contribution in [2.24, 2.45) is 0 Å². The van der Waals surface area contributed by atoms with Gasteiger partial charge >= 0.3 is 0 Å². The maximum atomic E-state index is 12.6. The lowest BCUT2D eigenvalue weighted by atomic mass is 10.1. The van der Waals surface area contributed by atoms with Crippen LogP contribution >= 0.6 is 23.2 Å². The Morgan fingerprint density at radius 2 is 1.97 bits per heavy atom. The fourth-order valence-corrected chi connectivity index (χ4v) is 3.72. The predicted octanol–water partition coefficient (Wildman–Crippen LogP) is 3.70. The summed E-state index contributed by atoms with van der Waals surface area (Å²) in [7, 11) is 0. The van der Waals surface area contributed by atoms with Crippen LogP contribution in [0.2, 0.25) is 10.0 Å². The molecule has 0 aliphatic rings. The SMILES string of the molecule is Cc1nn(-c2ccc(Cl)cc2Cl)c(C)c1CC(=O)NCc1nnc2ccccn12. The van der Waals surface area contributed by atoms with Gasteiger partial charge in [0.1, 0.15) is 0 Å². The molecule has 0 fully saturated rings. The van der Waals surface area contributed by atoms with E-state index in [4.69, 9.17) is 23.2 Å². The second-order valence-corrected chi connectivity index (χ2v) is 7.50. The van der Waals surface area contributed by atoms with E-state index in [0.29, 0.717) is 22.4 Å². The lowest BCUT2D eigenvalue weighted by Gasteiger charge is -2.08. The van der Waals surface area contributed by atoms with Crippen molar-refractivity contribution in [1.82, 2.24) is 29.7 Å². The molecule has 3 heterocycles. The van der Waals surface area contributed by atoms with Crippen molar-refractivity contribution in [1.29, 1.82) is 0 Å². The maximum Gasteiger partial charge on any atom is 0.224 e. The van der Waals surface area contributed by atoms with Crippen LogP contribution in [0.4, 0.5) is 0 Å². The van der Waals surface area contributed by atoms with E-state index in [1.807, 2.05) is 48.7 Å². The number of fused-ring (bicyclic) bond motifs is 1. The summed E-state index contributed by atoms with van der Waals surface area (Å²) >= 11 is 12.3. The normalized spacial score (nSPS) is 11.2. The molecule has 29 heavy (non-hydrogen) atoms. The Labute approximate surface area is 177 Å². The zero-order valence-electron chi connectivity index (χ0n) is 15.9. The molecule has 0 aliphatic heterocycles. The summed E-state index contributed by atoms with van der Waals surface area (Å²) in [5.74, 6) is 0.552. The molecule has 1 aromatic carbocycles. The zero-order chi connectivity index (χ0) is 20.5. The summed E-state index contributed by atoms with van der Waals surface area (Å²) in [6, 6.07) is 10.9. The van der Waals surface area contributed by atoms with E-state index in [0.717, 1.165) is 28.3 Å². The number of benzene rings is 1. The van der Waals surface area contributed by atoms with Crippen LogP contribution in [0.5, 0.6) is 0 Å². The topological polar surface area (TPSA) is 77.1 Å². The average Bonchev–Trinajstić information content (AvgIpc) is 3.22. The van der Waals surface area contributed by atoms with Crippen molar-refractivity contribution in [3.05, 3.63) is 75.4 Å². The fourth-order valence-electron chi connectivity index (χ4n) is 3.23. The summed E-state index contributed by atoms with van der Waals surface area (Å²) in [6.45, 7) is 4.08. The Hall–Kier alpha value is -2.90. The van der Waals surface area contributed by atoms with Crippen LogP contribution < -0.4 is 5.32 Å². The smallest absolute Gasteiger partial charge is 0.224 e. The molecule has 0 aliphatic carbocycles. The predicted molar refractivity (Wildman–Crippen MR) is 112 cm³/mol. The molecule has 1 amide bonds. The number of carbonyl (C=O) groups is 1. The Balaban J connectivity index is 1.50. The molecule has 3 aromatic heterocycles. The zero-order valence-corrected chi connectivity index (χ0v) is 17.4. The number of rotatable bonds is 5. The van der Waals surface area contributed by atoms with Crippen molar-refractivity contribution in [3.63, 3.8) is 0 Å². The van der Waals surface area contributed by atoms with E-state index < -0.39 is 0 Å². The average molecular weight is 429 g/mol. The van der Waals surface area contributed by atoms with Gasteiger partial charge in [0.25, 0.3) is 0 Å². The number of pyridine rings is 1. The number of nitrogens with zero attached hydrogens (tertiary/aromatic N) is 5. The van der Waals surface area contributed by atoms with E-state index in [9.17, 15) is 4.79 Å². The first-order valence-corrected chi connectivity index (χ1v) is 9.75. The highest BCUT2D eigenvalue weighted by Crippen LogP contribution is 2.27. The molecule has 1 N–H and O–H groups in total. The van der Waals surface area contributed by atoms with Gasteiger partial charge in [0.2, 0.25) is 5.91 Å². The molecule has 0 unspecified atom stereocenters. The van der Waals surface area contributed by atoms with E-state index in [-0.39, 0.29) is 12.3 Å². The molecule has 0 saturated heterocycles. The molecule has 9 heteroatoms. The molecule has 0 spiro atoms. The first-order chi connectivity index (χ1) is 13.9. The summed E-state index contributed by atoms with van der Waals surface area (Å²) in [6.07, 6.45) is 2.07. The number of amides is 1. The van der Waals surface area contributed by atoms with Crippen molar-refractivity contribution >= 4 is 34.8 Å². The van der Waals surface area contributed by atoms with E-state index in [1.165, 1.54) is 0 Å². The molecule has 0 atom stereocenters. The van der Waals surface area contributed by atoms with Gasteiger partial charge in [0, 0.05) is 22.5 Å². The molecular weight excluding hydrogens is 411 g/mol. The quantitative estimate of drug-likeness (QED) is 0.525. The number of aryl methyl sites for hydroxylation is 1. The van der Waals surface area contributed by atoms with Gasteiger partial charge in [-0.05, 0) is 44.2 Å². The van der Waals surface area contributed by atoms with Gasteiger partial charge in [0.15, 0.2) is 11.5 Å². The maximum absolute atomic E-state index is 12.6. The van der Waals surface area contributed by atoms with Crippen LogP contribution in [0.1, 0.15) is 22.8 Å². The van der Waals surface area contributed by atoms with E-state index in [2.05, 4.69) is 20.6 Å². The number of hydrogen-bond donors (Lipinski definition) is 1. The molecule has 0 bridgehead atoms. The van der Waals surface area contributed by atoms with Gasteiger partial charge in [-0.1, -0.05) is 29.3 Å². The highest BCUT2D eigenvalue weighted by Gasteiger charge is 2.18. The third-order valence-corrected chi connectivity index (χ3v) is 5.28. The van der Waals surface area contributed by atoms with E-state index >= 15 is 0 Å². The minimum atomic E-state index is -0.120. The highest BCUT2D eigenvalue weighted by atomic mass is 35.5. The summed E-state index contributed by atoms with van der Waals surface area (Å²) in [5, 5.41) is 16.7. The Morgan fingerprint density at radius 1 is 1.14 bits per heavy atom. The van der Waals surface area contributed by atoms with Crippen molar-refractivity contribution in [3.8, 4) is 5.69 Å². The Kier molecular flexibility index (Phi) is 5.25. The lowest BCUT2D eigenvalue weighted by molar-refractivity contribution is -0.120. The monoisotopic (exact) mass is 428 g/mol. The van der Waals surface area contributed by atoms with Gasteiger partial charge in [0.05, 0.1) is 29.4 Å². The van der Waals surface area contributed by atoms with Gasteiger partial charge in [-0.2, -0.15) is 5.10 Å². The highest BCUT2D eigenvalue weighted by molar-refractivity contribution is 6.35. The van der Waals surface area contributed by atoms with Gasteiger partial charge in [-0.15, -0.1) is 10.2 Å². The first-order valence-electron chi connectivity index (χ1n) is 9.00. The number of aromatic nitrogens is 5. The van der Waals surface area contributed by atoms with Crippen LogP contribution in [0.15, 0.2) is 42.6 Å². The Morgan fingerprint density at radius 3 is 2.76 bits per heavy atom. The van der Waals surface area contributed by atoms with Crippen LogP contribution in [0, 0.1) is 13.8 Å². The van der Waals surface area contributed by atoms with Crippen molar-refractivity contribution < 1.29 is 4.79 Å². The summed E-state index contributed by atoms with van der Waals surface area (Å²) in [5.41, 5.74) is 3.95. The number of halogens is 2. The fraction of sp³-hybridized carbons (Fsp3) is 0.200. The second kappa shape index (κ2) is 7.85. The molecule has 7 nitrogen and oxygen atoms in total. The van der Waals surface area contributed by atoms with Crippen LogP contribution in [0.3, 0.4) is 0 Å². The second-order valence-electron chi connectivity index (χ2n) is 6.66. The molecular formula is C20H18Cl2N6O. The number of nitrogens with one attached hydrogen (secondary N) is 1.